The molecule has 1 saturated heterocycles. The van der Waals surface area contributed by atoms with E-state index in [9.17, 15) is 9.59 Å². The van der Waals surface area contributed by atoms with Crippen LogP contribution in [0.4, 0.5) is 4.79 Å². The molecule has 0 atom stereocenters. The van der Waals surface area contributed by atoms with E-state index in [4.69, 9.17) is 9.84 Å². The van der Waals surface area contributed by atoms with E-state index in [1.807, 2.05) is 0 Å². The summed E-state index contributed by atoms with van der Waals surface area (Å²) in [5.41, 5.74) is -0.117. The number of hydrogen-bond donors (Lipinski definition) is 2. The third-order valence-corrected chi connectivity index (χ3v) is 4.57. The summed E-state index contributed by atoms with van der Waals surface area (Å²) < 4.78 is 5.28. The minimum atomic E-state index is -0.950. The van der Waals surface area contributed by atoms with Crippen molar-refractivity contribution >= 4 is 12.0 Å². The van der Waals surface area contributed by atoms with Gasteiger partial charge in [0.05, 0.1) is 6.10 Å². The van der Waals surface area contributed by atoms with E-state index in [2.05, 4.69) is 26.1 Å². The van der Waals surface area contributed by atoms with Crippen molar-refractivity contribution in [2.45, 2.75) is 64.5 Å². The highest BCUT2D eigenvalue weighted by atomic mass is 16.5. The number of nitrogens with one attached hydrogen (secondary N) is 1. The Morgan fingerprint density at radius 2 is 1.71 bits per heavy atom. The first kappa shape index (κ1) is 17.8. The number of rotatable bonds is 7. The number of amides is 2. The lowest BCUT2D eigenvalue weighted by molar-refractivity contribution is -0.145. The van der Waals surface area contributed by atoms with Crippen molar-refractivity contribution in [2.75, 3.05) is 19.7 Å². The summed E-state index contributed by atoms with van der Waals surface area (Å²) in [4.78, 5) is 24.6. The van der Waals surface area contributed by atoms with Gasteiger partial charge in [0, 0.05) is 18.6 Å². The molecule has 2 N–H and O–H groups in total. The van der Waals surface area contributed by atoms with Gasteiger partial charge in [-0.25, -0.2) is 9.59 Å². The molecule has 1 aliphatic rings. The average Bonchev–Trinajstić information content (AvgIpc) is 2.51. The zero-order valence-corrected chi connectivity index (χ0v) is 13.4. The van der Waals surface area contributed by atoms with Gasteiger partial charge in [-0.15, -0.1) is 0 Å². The van der Waals surface area contributed by atoms with Gasteiger partial charge < -0.3 is 20.1 Å². The van der Waals surface area contributed by atoms with Gasteiger partial charge in [0.15, 0.2) is 0 Å². The Labute approximate surface area is 126 Å². The Kier molecular flexibility index (Phi) is 6.95. The molecule has 6 nitrogen and oxygen atoms in total. The summed E-state index contributed by atoms with van der Waals surface area (Å²) in [5.74, 6) is -0.950. The third-order valence-electron chi connectivity index (χ3n) is 4.57. The van der Waals surface area contributed by atoms with E-state index in [0.717, 1.165) is 19.3 Å². The zero-order chi connectivity index (χ0) is 15.9. The van der Waals surface area contributed by atoms with E-state index < -0.39 is 5.97 Å². The van der Waals surface area contributed by atoms with Gasteiger partial charge in [0.25, 0.3) is 0 Å². The smallest absolute Gasteiger partial charge is 0.329 e. The minimum absolute atomic E-state index is 0.0164. The zero-order valence-electron chi connectivity index (χ0n) is 13.4. The fourth-order valence-corrected chi connectivity index (χ4v) is 2.74. The molecule has 21 heavy (non-hydrogen) atoms. The molecule has 0 aliphatic carbocycles. The number of likely N-dealkylation sites (tertiary alicyclic amines) is 1. The number of carbonyl (C=O) groups is 2. The molecule has 1 fully saturated rings. The van der Waals surface area contributed by atoms with E-state index >= 15 is 0 Å². The van der Waals surface area contributed by atoms with Crippen LogP contribution in [0.1, 0.15) is 52.9 Å². The molecule has 0 aromatic heterocycles. The Morgan fingerprint density at radius 3 is 2.14 bits per heavy atom. The van der Waals surface area contributed by atoms with Crippen LogP contribution in [-0.4, -0.2) is 53.3 Å². The highest BCUT2D eigenvalue weighted by Crippen LogP contribution is 2.21. The third kappa shape index (κ3) is 5.19. The van der Waals surface area contributed by atoms with Gasteiger partial charge in [-0.05, 0) is 32.1 Å². The maximum Gasteiger partial charge on any atom is 0.329 e. The summed E-state index contributed by atoms with van der Waals surface area (Å²) in [6.45, 7) is 7.26. The molecule has 0 spiro atoms. The first-order valence-corrected chi connectivity index (χ1v) is 7.86. The summed E-state index contributed by atoms with van der Waals surface area (Å²) in [7, 11) is 0. The van der Waals surface area contributed by atoms with Gasteiger partial charge >= 0.3 is 12.0 Å². The molecule has 6 heteroatoms. The standard InChI is InChI=1S/C15H28N2O4/c1-4-15(5-2,6-3)16-14(20)17-9-7-12(8-10-17)21-11-13(18)19/h12H,4-11H2,1-3H3,(H,16,20)(H,18,19). The molecular formula is C15H28N2O4. The fourth-order valence-electron chi connectivity index (χ4n) is 2.74. The molecular weight excluding hydrogens is 272 g/mol. The lowest BCUT2D eigenvalue weighted by Gasteiger charge is -2.37. The first-order valence-electron chi connectivity index (χ1n) is 7.86. The van der Waals surface area contributed by atoms with Crippen LogP contribution in [0.25, 0.3) is 0 Å². The monoisotopic (exact) mass is 300 g/mol. The molecule has 0 unspecified atom stereocenters. The van der Waals surface area contributed by atoms with Crippen LogP contribution < -0.4 is 5.32 Å². The number of aliphatic carboxylic acids is 1. The minimum Gasteiger partial charge on any atom is -0.480 e. The molecule has 0 bridgehead atoms. The number of hydrogen-bond acceptors (Lipinski definition) is 3. The van der Waals surface area contributed by atoms with Crippen molar-refractivity contribution in [3.8, 4) is 0 Å². The van der Waals surface area contributed by atoms with Crippen molar-refractivity contribution in [3.63, 3.8) is 0 Å². The van der Waals surface area contributed by atoms with Crippen LogP contribution in [0.5, 0.6) is 0 Å². The molecule has 1 heterocycles. The van der Waals surface area contributed by atoms with Crippen LogP contribution >= 0.6 is 0 Å². The molecule has 1 rings (SSSR count). The van der Waals surface area contributed by atoms with Gasteiger partial charge in [-0.1, -0.05) is 20.8 Å². The molecule has 0 aromatic carbocycles. The SMILES string of the molecule is CCC(CC)(CC)NC(=O)N1CCC(OCC(=O)O)CC1. The summed E-state index contributed by atoms with van der Waals surface area (Å²) in [6.07, 6.45) is 4.09. The number of ether oxygens (including phenoxy) is 1. The van der Waals surface area contributed by atoms with Crippen LogP contribution in [0.2, 0.25) is 0 Å². The lowest BCUT2D eigenvalue weighted by Crippen LogP contribution is -2.54. The number of carboxylic acid groups (broad SMARTS) is 1. The van der Waals surface area contributed by atoms with Gasteiger partial charge in [0.2, 0.25) is 0 Å². The van der Waals surface area contributed by atoms with Crippen molar-refractivity contribution < 1.29 is 19.4 Å². The van der Waals surface area contributed by atoms with E-state index in [1.54, 1.807) is 4.90 Å². The molecule has 0 aromatic rings. The largest absolute Gasteiger partial charge is 0.480 e. The highest BCUT2D eigenvalue weighted by Gasteiger charge is 2.30. The number of nitrogens with zero attached hydrogens (tertiary/aromatic N) is 1. The average molecular weight is 300 g/mol. The molecule has 2 amide bonds. The van der Waals surface area contributed by atoms with Crippen molar-refractivity contribution in [2.24, 2.45) is 0 Å². The Hall–Kier alpha value is -1.30. The fraction of sp³-hybridized carbons (Fsp3) is 0.867. The Morgan fingerprint density at radius 1 is 1.19 bits per heavy atom. The highest BCUT2D eigenvalue weighted by molar-refractivity contribution is 5.75. The van der Waals surface area contributed by atoms with Crippen molar-refractivity contribution in [1.82, 2.24) is 10.2 Å². The van der Waals surface area contributed by atoms with Gasteiger partial charge in [-0.2, -0.15) is 0 Å². The van der Waals surface area contributed by atoms with Crippen LogP contribution in [0.15, 0.2) is 0 Å². The quantitative estimate of drug-likeness (QED) is 0.755. The van der Waals surface area contributed by atoms with E-state index in [0.29, 0.717) is 25.9 Å². The predicted molar refractivity (Wildman–Crippen MR) is 80.3 cm³/mol. The topological polar surface area (TPSA) is 78.9 Å². The second kappa shape index (κ2) is 8.22. The van der Waals surface area contributed by atoms with Crippen LogP contribution in [0, 0.1) is 0 Å². The first-order chi connectivity index (χ1) is 9.96. The van der Waals surface area contributed by atoms with E-state index in [-0.39, 0.29) is 24.3 Å². The summed E-state index contributed by atoms with van der Waals surface area (Å²) >= 11 is 0. The maximum atomic E-state index is 12.3. The van der Waals surface area contributed by atoms with Crippen molar-refractivity contribution in [3.05, 3.63) is 0 Å². The molecule has 0 saturated carbocycles. The second-order valence-corrected chi connectivity index (χ2v) is 5.66. The Bertz CT molecular complexity index is 339. The number of urea groups is 1. The number of carboxylic acids is 1. The second-order valence-electron chi connectivity index (χ2n) is 5.66. The van der Waals surface area contributed by atoms with E-state index in [1.165, 1.54) is 0 Å². The predicted octanol–water partition coefficient (Wildman–Crippen LogP) is 2.23. The van der Waals surface area contributed by atoms with Gasteiger partial charge in [-0.3, -0.25) is 0 Å². The lowest BCUT2D eigenvalue weighted by atomic mass is 9.90. The number of piperidine rings is 1. The summed E-state index contributed by atoms with van der Waals surface area (Å²) in [6, 6.07) is -0.0164. The molecule has 1 aliphatic heterocycles. The Balaban J connectivity index is 2.43. The van der Waals surface area contributed by atoms with Crippen LogP contribution in [0.3, 0.4) is 0 Å². The van der Waals surface area contributed by atoms with Gasteiger partial charge in [0.1, 0.15) is 6.61 Å². The number of carbonyl (C=O) groups excluding carboxylic acids is 1. The maximum absolute atomic E-state index is 12.3. The molecule has 0 radical (unpaired) electrons. The summed E-state index contributed by atoms with van der Waals surface area (Å²) in [5, 5.41) is 11.8. The normalized spacial score (nSPS) is 16.8. The van der Waals surface area contributed by atoms with Crippen molar-refractivity contribution in [1.29, 1.82) is 0 Å². The van der Waals surface area contributed by atoms with Crippen LogP contribution in [-0.2, 0) is 9.53 Å². The molecule has 122 valence electrons.